The minimum atomic E-state index is -3.74. The molecule has 3 rings (SSSR count). The molecule has 7 heteroatoms. The molecule has 0 saturated carbocycles. The molecule has 2 aromatic carbocycles. The summed E-state index contributed by atoms with van der Waals surface area (Å²) in [5.41, 5.74) is 2.11. The predicted octanol–water partition coefficient (Wildman–Crippen LogP) is 4.36. The number of carbonyl (C=O) groups is 1. The molecule has 0 unspecified atom stereocenters. The zero-order chi connectivity index (χ0) is 18.6. The molecule has 0 saturated heterocycles. The van der Waals surface area contributed by atoms with Crippen molar-refractivity contribution in [2.75, 3.05) is 10.0 Å². The van der Waals surface area contributed by atoms with Crippen LogP contribution in [0.25, 0.3) is 0 Å². The first-order valence-electron chi connectivity index (χ1n) is 8.05. The molecule has 1 amide bonds. The molecule has 0 spiro atoms. The number of anilines is 2. The second kappa shape index (κ2) is 7.72. The standard InChI is InChI=1S/C19H18N2O3S2/c1-2-14-8-10-15(11-9-14)20-19(22)18-17(12-13-25-18)21-26(23,24)16-6-4-3-5-7-16/h3-13,21H,2H2,1H3,(H,20,22). The summed E-state index contributed by atoms with van der Waals surface area (Å²) in [6.45, 7) is 2.06. The monoisotopic (exact) mass is 386 g/mol. The number of hydrogen-bond donors (Lipinski definition) is 2. The highest BCUT2D eigenvalue weighted by Gasteiger charge is 2.20. The molecular weight excluding hydrogens is 368 g/mol. The molecule has 5 nitrogen and oxygen atoms in total. The molecule has 0 aliphatic heterocycles. The average Bonchev–Trinajstić information content (AvgIpc) is 3.10. The number of aryl methyl sites for hydroxylation is 1. The molecule has 134 valence electrons. The lowest BCUT2D eigenvalue weighted by Gasteiger charge is -2.10. The third-order valence-electron chi connectivity index (χ3n) is 3.79. The van der Waals surface area contributed by atoms with Crippen LogP contribution in [0.5, 0.6) is 0 Å². The van der Waals surface area contributed by atoms with E-state index in [1.54, 1.807) is 29.6 Å². The maximum absolute atomic E-state index is 12.5. The molecule has 0 atom stereocenters. The summed E-state index contributed by atoms with van der Waals surface area (Å²) in [7, 11) is -3.74. The Balaban J connectivity index is 1.78. The van der Waals surface area contributed by atoms with Crippen molar-refractivity contribution in [3.8, 4) is 0 Å². The highest BCUT2D eigenvalue weighted by molar-refractivity contribution is 7.92. The number of sulfonamides is 1. The van der Waals surface area contributed by atoms with Gasteiger partial charge in [0.15, 0.2) is 0 Å². The largest absolute Gasteiger partial charge is 0.321 e. The summed E-state index contributed by atoms with van der Waals surface area (Å²) in [4.78, 5) is 13.0. The minimum absolute atomic E-state index is 0.146. The predicted molar refractivity (Wildman–Crippen MR) is 105 cm³/mol. The van der Waals surface area contributed by atoms with E-state index in [-0.39, 0.29) is 16.5 Å². The number of rotatable bonds is 6. The third-order valence-corrected chi connectivity index (χ3v) is 6.08. The number of nitrogens with one attached hydrogen (secondary N) is 2. The summed E-state index contributed by atoms with van der Waals surface area (Å²) in [6.07, 6.45) is 0.921. The Bertz CT molecular complexity index is 995. The van der Waals surface area contributed by atoms with Gasteiger partial charge in [0.2, 0.25) is 0 Å². The molecule has 3 aromatic rings. The van der Waals surface area contributed by atoms with Crippen LogP contribution in [-0.4, -0.2) is 14.3 Å². The number of benzene rings is 2. The van der Waals surface area contributed by atoms with E-state index in [1.165, 1.54) is 29.0 Å². The van der Waals surface area contributed by atoms with Crippen molar-refractivity contribution in [2.24, 2.45) is 0 Å². The molecule has 26 heavy (non-hydrogen) atoms. The number of hydrogen-bond acceptors (Lipinski definition) is 4. The summed E-state index contributed by atoms with van der Waals surface area (Å²) in [6, 6.07) is 17.2. The summed E-state index contributed by atoms with van der Waals surface area (Å²) >= 11 is 1.18. The fourth-order valence-corrected chi connectivity index (χ4v) is 4.28. The molecule has 1 aromatic heterocycles. The quantitative estimate of drug-likeness (QED) is 0.661. The van der Waals surface area contributed by atoms with Gasteiger partial charge in [0.25, 0.3) is 15.9 Å². The van der Waals surface area contributed by atoms with Crippen molar-refractivity contribution < 1.29 is 13.2 Å². The van der Waals surface area contributed by atoms with Crippen molar-refractivity contribution in [1.29, 1.82) is 0 Å². The van der Waals surface area contributed by atoms with Crippen LogP contribution >= 0.6 is 11.3 Å². The lowest BCUT2D eigenvalue weighted by atomic mass is 10.1. The van der Waals surface area contributed by atoms with Crippen molar-refractivity contribution in [3.05, 3.63) is 76.5 Å². The van der Waals surface area contributed by atoms with E-state index in [1.807, 2.05) is 24.3 Å². The fourth-order valence-electron chi connectivity index (χ4n) is 2.38. The van der Waals surface area contributed by atoms with Gasteiger partial charge in [-0.25, -0.2) is 8.42 Å². The first-order chi connectivity index (χ1) is 12.5. The van der Waals surface area contributed by atoms with Crippen LogP contribution < -0.4 is 10.0 Å². The van der Waals surface area contributed by atoms with Gasteiger partial charge in [-0.05, 0) is 47.7 Å². The maximum Gasteiger partial charge on any atom is 0.267 e. The van der Waals surface area contributed by atoms with E-state index >= 15 is 0 Å². The van der Waals surface area contributed by atoms with Gasteiger partial charge in [-0.3, -0.25) is 9.52 Å². The van der Waals surface area contributed by atoms with Crippen LogP contribution in [0.4, 0.5) is 11.4 Å². The molecule has 0 radical (unpaired) electrons. The van der Waals surface area contributed by atoms with Gasteiger partial charge < -0.3 is 5.32 Å². The van der Waals surface area contributed by atoms with Crippen LogP contribution in [0, 0.1) is 0 Å². The normalized spacial score (nSPS) is 11.1. The molecule has 0 aliphatic rings. The van der Waals surface area contributed by atoms with Crippen LogP contribution in [0.1, 0.15) is 22.2 Å². The summed E-state index contributed by atoms with van der Waals surface area (Å²) in [5, 5.41) is 4.48. The lowest BCUT2D eigenvalue weighted by Crippen LogP contribution is -2.17. The first-order valence-corrected chi connectivity index (χ1v) is 10.4. The highest BCUT2D eigenvalue weighted by atomic mass is 32.2. The second-order valence-electron chi connectivity index (χ2n) is 5.59. The number of carbonyl (C=O) groups excluding carboxylic acids is 1. The van der Waals surface area contributed by atoms with Crippen molar-refractivity contribution in [1.82, 2.24) is 0 Å². The Labute approximate surface area is 156 Å². The Kier molecular flexibility index (Phi) is 5.39. The minimum Gasteiger partial charge on any atom is -0.321 e. The van der Waals surface area contributed by atoms with Crippen LogP contribution in [0.2, 0.25) is 0 Å². The molecule has 1 heterocycles. The Morgan fingerprint density at radius 3 is 2.35 bits per heavy atom. The Morgan fingerprint density at radius 2 is 1.69 bits per heavy atom. The van der Waals surface area contributed by atoms with Crippen molar-refractivity contribution >= 4 is 38.6 Å². The average molecular weight is 386 g/mol. The fraction of sp³-hybridized carbons (Fsp3) is 0.105. The van der Waals surface area contributed by atoms with E-state index in [0.29, 0.717) is 10.6 Å². The van der Waals surface area contributed by atoms with E-state index in [2.05, 4.69) is 17.0 Å². The third kappa shape index (κ3) is 4.12. The second-order valence-corrected chi connectivity index (χ2v) is 8.19. The van der Waals surface area contributed by atoms with Gasteiger partial charge in [0, 0.05) is 5.69 Å². The van der Waals surface area contributed by atoms with E-state index in [9.17, 15) is 13.2 Å². The number of amides is 1. The zero-order valence-corrected chi connectivity index (χ0v) is 15.7. The topological polar surface area (TPSA) is 75.3 Å². The van der Waals surface area contributed by atoms with Crippen LogP contribution in [0.3, 0.4) is 0 Å². The lowest BCUT2D eigenvalue weighted by molar-refractivity contribution is 0.103. The molecule has 0 fully saturated rings. The van der Waals surface area contributed by atoms with E-state index < -0.39 is 10.0 Å². The Morgan fingerprint density at radius 1 is 1.00 bits per heavy atom. The molecule has 0 bridgehead atoms. The number of thiophene rings is 1. The van der Waals surface area contributed by atoms with Crippen LogP contribution in [0.15, 0.2) is 70.9 Å². The van der Waals surface area contributed by atoms with Gasteiger partial charge in [0.05, 0.1) is 10.6 Å². The molecule has 0 aliphatic carbocycles. The maximum atomic E-state index is 12.5. The SMILES string of the molecule is CCc1ccc(NC(=O)c2sccc2NS(=O)(=O)c2ccccc2)cc1. The van der Waals surface area contributed by atoms with Gasteiger partial charge >= 0.3 is 0 Å². The molecular formula is C19H18N2O3S2. The van der Waals surface area contributed by atoms with Crippen molar-refractivity contribution in [2.45, 2.75) is 18.2 Å². The highest BCUT2D eigenvalue weighted by Crippen LogP contribution is 2.26. The Hall–Kier alpha value is -2.64. The summed E-state index contributed by atoms with van der Waals surface area (Å²) < 4.78 is 27.4. The summed E-state index contributed by atoms with van der Waals surface area (Å²) in [5.74, 6) is -0.352. The van der Waals surface area contributed by atoms with Crippen molar-refractivity contribution in [3.63, 3.8) is 0 Å². The van der Waals surface area contributed by atoms with Crippen LogP contribution in [-0.2, 0) is 16.4 Å². The van der Waals surface area contributed by atoms with Gasteiger partial charge in [0.1, 0.15) is 4.88 Å². The van der Waals surface area contributed by atoms with Gasteiger partial charge in [-0.2, -0.15) is 0 Å². The molecule has 2 N–H and O–H groups in total. The van der Waals surface area contributed by atoms with E-state index in [4.69, 9.17) is 0 Å². The smallest absolute Gasteiger partial charge is 0.267 e. The van der Waals surface area contributed by atoms with Gasteiger partial charge in [-0.15, -0.1) is 11.3 Å². The van der Waals surface area contributed by atoms with E-state index in [0.717, 1.165) is 6.42 Å². The zero-order valence-electron chi connectivity index (χ0n) is 14.1. The van der Waals surface area contributed by atoms with Gasteiger partial charge in [-0.1, -0.05) is 37.3 Å². The first kappa shape index (κ1) is 18.2.